The maximum Gasteiger partial charge on any atom is 0.232 e. The number of hydrogen-bond acceptors (Lipinski definition) is 5. The van der Waals surface area contributed by atoms with Crippen LogP contribution in [0, 0.1) is 5.92 Å². The number of benzene rings is 2. The predicted molar refractivity (Wildman–Crippen MR) is 133 cm³/mol. The molecule has 1 aliphatic heterocycles. The topological polar surface area (TPSA) is 71.3 Å². The zero-order valence-corrected chi connectivity index (χ0v) is 20.3. The minimum atomic E-state index is 0.0273. The Labute approximate surface area is 202 Å². The summed E-state index contributed by atoms with van der Waals surface area (Å²) in [5.41, 5.74) is 2.35. The monoisotopic (exact) mass is 460 g/mol. The quantitative estimate of drug-likeness (QED) is 0.406. The molecule has 1 aromatic heterocycles. The predicted octanol–water partition coefficient (Wildman–Crippen LogP) is 5.13. The van der Waals surface area contributed by atoms with E-state index in [-0.39, 0.29) is 23.8 Å². The first-order chi connectivity index (χ1) is 16.7. The molecule has 3 aromatic rings. The summed E-state index contributed by atoms with van der Waals surface area (Å²) in [5, 5.41) is 7.51. The first-order valence-corrected chi connectivity index (χ1v) is 12.6. The van der Waals surface area contributed by atoms with Crippen LogP contribution in [0.1, 0.15) is 74.3 Å². The van der Waals surface area contributed by atoms with Crippen LogP contribution in [0.3, 0.4) is 0 Å². The van der Waals surface area contributed by atoms with Crippen LogP contribution in [0.4, 0.5) is 0 Å². The molecule has 6 nitrogen and oxygen atoms in total. The highest BCUT2D eigenvalue weighted by atomic mass is 16.5. The van der Waals surface area contributed by atoms with E-state index in [2.05, 4.69) is 58.5 Å². The van der Waals surface area contributed by atoms with Gasteiger partial charge in [0.25, 0.3) is 0 Å². The first-order valence-electron chi connectivity index (χ1n) is 12.6. The van der Waals surface area contributed by atoms with E-state index < -0.39 is 0 Å². The molecule has 0 bridgehead atoms. The van der Waals surface area contributed by atoms with Gasteiger partial charge in [-0.05, 0) is 30.4 Å². The second-order valence-corrected chi connectivity index (χ2v) is 9.32. The van der Waals surface area contributed by atoms with Crippen molar-refractivity contribution in [2.75, 3.05) is 19.6 Å². The lowest BCUT2D eigenvalue weighted by molar-refractivity contribution is -0.126. The molecule has 2 unspecified atom stereocenters. The lowest BCUT2D eigenvalue weighted by atomic mass is 9.96. The molecule has 4 rings (SSSR count). The molecule has 0 aliphatic carbocycles. The molecular weight excluding hydrogens is 424 g/mol. The van der Waals surface area contributed by atoms with E-state index in [1.165, 1.54) is 11.1 Å². The third-order valence-corrected chi connectivity index (χ3v) is 6.75. The van der Waals surface area contributed by atoms with Gasteiger partial charge < -0.3 is 14.7 Å². The van der Waals surface area contributed by atoms with E-state index in [1.54, 1.807) is 0 Å². The average Bonchev–Trinajstić information content (AvgIpc) is 3.29. The summed E-state index contributed by atoms with van der Waals surface area (Å²) in [4.78, 5) is 19.9. The van der Waals surface area contributed by atoms with Gasteiger partial charge in [-0.2, -0.15) is 4.98 Å². The number of carbonyl (C=O) groups is 1. The highest BCUT2D eigenvalue weighted by Gasteiger charge is 2.33. The lowest BCUT2D eigenvalue weighted by Gasteiger charge is -2.38. The van der Waals surface area contributed by atoms with Gasteiger partial charge in [0.05, 0.1) is 12.0 Å². The standard InChI is InChI=1S/C28H36N4O2/c1-3-11-22(4-2)27(33)29-25(23-14-9-6-10-15-23)16-17-32-19-24(20-32)28-30-26(31-34-28)18-21-12-7-5-8-13-21/h5-10,12-15,22,24-25H,3-4,11,16-20H2,1-2H3,(H,29,33). The summed E-state index contributed by atoms with van der Waals surface area (Å²) in [6, 6.07) is 20.6. The van der Waals surface area contributed by atoms with Crippen molar-refractivity contribution in [3.63, 3.8) is 0 Å². The fraction of sp³-hybridized carbons (Fsp3) is 0.464. The van der Waals surface area contributed by atoms with Crippen LogP contribution in [0.25, 0.3) is 0 Å². The molecule has 0 spiro atoms. The van der Waals surface area contributed by atoms with Crippen molar-refractivity contribution in [2.45, 2.75) is 57.9 Å². The smallest absolute Gasteiger partial charge is 0.232 e. The molecule has 1 fully saturated rings. The zero-order chi connectivity index (χ0) is 23.8. The van der Waals surface area contributed by atoms with E-state index in [0.29, 0.717) is 6.42 Å². The Bertz CT molecular complexity index is 1020. The summed E-state index contributed by atoms with van der Waals surface area (Å²) in [5.74, 6) is 2.03. The van der Waals surface area contributed by atoms with E-state index in [9.17, 15) is 4.79 Å². The molecular formula is C28H36N4O2. The van der Waals surface area contributed by atoms with Gasteiger partial charge in [0.1, 0.15) is 0 Å². The fourth-order valence-corrected chi connectivity index (χ4v) is 4.67. The normalized spacial score (nSPS) is 16.1. The van der Waals surface area contributed by atoms with E-state index in [4.69, 9.17) is 4.52 Å². The Balaban J connectivity index is 1.29. The van der Waals surface area contributed by atoms with Gasteiger partial charge in [-0.15, -0.1) is 0 Å². The summed E-state index contributed by atoms with van der Waals surface area (Å²) >= 11 is 0. The largest absolute Gasteiger partial charge is 0.349 e. The number of amides is 1. The van der Waals surface area contributed by atoms with Crippen molar-refractivity contribution in [3.8, 4) is 0 Å². The summed E-state index contributed by atoms with van der Waals surface area (Å²) in [7, 11) is 0. The molecule has 1 amide bonds. The summed E-state index contributed by atoms with van der Waals surface area (Å²) in [6.45, 7) is 6.98. The molecule has 2 heterocycles. The molecule has 1 saturated heterocycles. The van der Waals surface area contributed by atoms with Crippen LogP contribution < -0.4 is 5.32 Å². The van der Waals surface area contributed by atoms with E-state index in [1.807, 2.05) is 36.4 Å². The van der Waals surface area contributed by atoms with Gasteiger partial charge in [-0.1, -0.05) is 86.1 Å². The maximum atomic E-state index is 12.9. The Hall–Kier alpha value is -2.99. The minimum absolute atomic E-state index is 0.0273. The van der Waals surface area contributed by atoms with Crippen molar-refractivity contribution in [2.24, 2.45) is 5.92 Å². The molecule has 2 atom stereocenters. The zero-order valence-electron chi connectivity index (χ0n) is 20.3. The Morgan fingerprint density at radius 3 is 2.44 bits per heavy atom. The number of nitrogens with one attached hydrogen (secondary N) is 1. The Kier molecular flexibility index (Phi) is 8.47. The van der Waals surface area contributed by atoms with Crippen LogP contribution in [0.15, 0.2) is 65.2 Å². The highest BCUT2D eigenvalue weighted by molar-refractivity contribution is 5.79. The Morgan fingerprint density at radius 1 is 1.06 bits per heavy atom. The van der Waals surface area contributed by atoms with Crippen LogP contribution in [-0.4, -0.2) is 40.6 Å². The number of nitrogens with zero attached hydrogens (tertiary/aromatic N) is 3. The highest BCUT2D eigenvalue weighted by Crippen LogP contribution is 2.28. The number of likely N-dealkylation sites (tertiary alicyclic amines) is 1. The molecule has 0 radical (unpaired) electrons. The van der Waals surface area contributed by atoms with E-state index in [0.717, 1.165) is 57.0 Å². The van der Waals surface area contributed by atoms with Crippen LogP contribution >= 0.6 is 0 Å². The van der Waals surface area contributed by atoms with Crippen molar-refractivity contribution < 1.29 is 9.32 Å². The third-order valence-electron chi connectivity index (χ3n) is 6.75. The number of rotatable bonds is 12. The van der Waals surface area contributed by atoms with Gasteiger partial charge in [0.15, 0.2) is 5.82 Å². The van der Waals surface area contributed by atoms with Crippen LogP contribution in [0.2, 0.25) is 0 Å². The molecule has 34 heavy (non-hydrogen) atoms. The number of aromatic nitrogens is 2. The van der Waals surface area contributed by atoms with Crippen LogP contribution in [0.5, 0.6) is 0 Å². The fourth-order valence-electron chi connectivity index (χ4n) is 4.67. The molecule has 180 valence electrons. The minimum Gasteiger partial charge on any atom is -0.349 e. The van der Waals surface area contributed by atoms with Gasteiger partial charge in [0.2, 0.25) is 11.8 Å². The summed E-state index contributed by atoms with van der Waals surface area (Å²) < 4.78 is 5.55. The third kappa shape index (κ3) is 6.32. The van der Waals surface area contributed by atoms with Gasteiger partial charge >= 0.3 is 0 Å². The SMILES string of the molecule is CCCC(CC)C(=O)NC(CCN1CC(c2nc(Cc3ccccc3)no2)C1)c1ccccc1. The van der Waals surface area contributed by atoms with Gasteiger partial charge in [-0.3, -0.25) is 4.79 Å². The van der Waals surface area contributed by atoms with Crippen molar-refractivity contribution in [1.29, 1.82) is 0 Å². The average molecular weight is 461 g/mol. The second kappa shape index (κ2) is 11.9. The summed E-state index contributed by atoms with van der Waals surface area (Å²) in [6.07, 6.45) is 4.42. The molecule has 2 aromatic carbocycles. The Morgan fingerprint density at radius 2 is 1.76 bits per heavy atom. The number of hydrogen-bond donors (Lipinski definition) is 1. The van der Waals surface area contributed by atoms with Crippen molar-refractivity contribution in [3.05, 3.63) is 83.5 Å². The lowest BCUT2D eigenvalue weighted by Crippen LogP contribution is -2.46. The van der Waals surface area contributed by atoms with Crippen LogP contribution in [-0.2, 0) is 11.2 Å². The molecule has 1 aliphatic rings. The maximum absolute atomic E-state index is 12.9. The molecule has 1 N–H and O–H groups in total. The first kappa shape index (κ1) is 24.1. The van der Waals surface area contributed by atoms with Crippen molar-refractivity contribution in [1.82, 2.24) is 20.4 Å². The van der Waals surface area contributed by atoms with Gasteiger partial charge in [0, 0.05) is 32.0 Å². The van der Waals surface area contributed by atoms with E-state index >= 15 is 0 Å². The second-order valence-electron chi connectivity index (χ2n) is 9.32. The van der Waals surface area contributed by atoms with Crippen molar-refractivity contribution >= 4 is 5.91 Å². The molecule has 0 saturated carbocycles. The van der Waals surface area contributed by atoms with Gasteiger partial charge in [-0.25, -0.2) is 0 Å². The molecule has 6 heteroatoms. The number of carbonyl (C=O) groups excluding carboxylic acids is 1.